The average Bonchev–Trinajstić information content (AvgIpc) is 3.23. The van der Waals surface area contributed by atoms with Crippen molar-refractivity contribution in [3.63, 3.8) is 0 Å². The summed E-state index contributed by atoms with van der Waals surface area (Å²) in [5.74, 6) is -0.0852. The Bertz CT molecular complexity index is 1400. The number of sulfonamides is 1. The molecule has 1 N–H and O–H groups in total. The molecule has 11 heteroatoms. The van der Waals surface area contributed by atoms with Crippen LogP contribution in [0.5, 0.6) is 0 Å². The molecule has 0 aliphatic heterocycles. The summed E-state index contributed by atoms with van der Waals surface area (Å²) < 4.78 is 25.5. The van der Waals surface area contributed by atoms with Gasteiger partial charge in [0.05, 0.1) is 16.0 Å². The standard InChI is InChI=1S/C22H19ClN4O3S3/c1-27(2)33(29,30)17-9-7-16(8-10-17)26-19(28)12-32-22-20-18(11-31-21(20)24-13-25-22)14-3-5-15(23)6-4-14/h3-11,13H,12H2,1-2H3,(H,26,28). The van der Waals surface area contributed by atoms with Crippen LogP contribution in [0.1, 0.15) is 0 Å². The van der Waals surface area contributed by atoms with E-state index in [-0.39, 0.29) is 16.6 Å². The lowest BCUT2D eigenvalue weighted by atomic mass is 10.1. The summed E-state index contributed by atoms with van der Waals surface area (Å²) >= 11 is 8.85. The van der Waals surface area contributed by atoms with Crippen LogP contribution in [-0.2, 0) is 14.8 Å². The van der Waals surface area contributed by atoms with E-state index in [4.69, 9.17) is 11.6 Å². The van der Waals surface area contributed by atoms with Crippen LogP contribution in [0, 0.1) is 0 Å². The Morgan fingerprint density at radius 1 is 1.09 bits per heavy atom. The lowest BCUT2D eigenvalue weighted by molar-refractivity contribution is -0.113. The van der Waals surface area contributed by atoms with E-state index >= 15 is 0 Å². The largest absolute Gasteiger partial charge is 0.325 e. The smallest absolute Gasteiger partial charge is 0.242 e. The maximum Gasteiger partial charge on any atom is 0.242 e. The van der Waals surface area contributed by atoms with Gasteiger partial charge in [-0.15, -0.1) is 11.3 Å². The normalized spacial score (nSPS) is 11.8. The number of aromatic nitrogens is 2. The van der Waals surface area contributed by atoms with Gasteiger partial charge in [-0.2, -0.15) is 0 Å². The number of anilines is 1. The first kappa shape index (κ1) is 23.7. The van der Waals surface area contributed by atoms with E-state index in [1.807, 2.05) is 29.6 Å². The average molecular weight is 519 g/mol. The molecule has 0 fully saturated rings. The van der Waals surface area contributed by atoms with Crippen molar-refractivity contribution in [1.82, 2.24) is 14.3 Å². The molecule has 2 aromatic carbocycles. The molecule has 0 saturated heterocycles. The van der Waals surface area contributed by atoms with Crippen LogP contribution in [0.3, 0.4) is 0 Å². The number of halogens is 1. The highest BCUT2D eigenvalue weighted by Gasteiger charge is 2.17. The van der Waals surface area contributed by atoms with Crippen molar-refractivity contribution in [2.45, 2.75) is 9.92 Å². The van der Waals surface area contributed by atoms with Crippen LogP contribution in [0.4, 0.5) is 5.69 Å². The first-order chi connectivity index (χ1) is 15.8. The molecule has 0 spiro atoms. The van der Waals surface area contributed by atoms with Crippen LogP contribution in [0.15, 0.2) is 70.2 Å². The third kappa shape index (κ3) is 5.20. The molecule has 0 aliphatic carbocycles. The minimum Gasteiger partial charge on any atom is -0.325 e. The van der Waals surface area contributed by atoms with E-state index < -0.39 is 10.0 Å². The highest BCUT2D eigenvalue weighted by molar-refractivity contribution is 8.00. The second-order valence-corrected chi connectivity index (χ2v) is 11.6. The quantitative estimate of drug-likeness (QED) is 0.273. The Hall–Kier alpha value is -2.50. The zero-order valence-corrected chi connectivity index (χ0v) is 20.9. The molecule has 0 atom stereocenters. The number of fused-ring (bicyclic) bond motifs is 1. The number of benzene rings is 2. The fraction of sp³-hybridized carbons (Fsp3) is 0.136. The van der Waals surface area contributed by atoms with E-state index in [1.54, 1.807) is 12.1 Å². The van der Waals surface area contributed by atoms with Crippen LogP contribution < -0.4 is 5.32 Å². The summed E-state index contributed by atoms with van der Waals surface area (Å²) in [6.45, 7) is 0. The molecule has 33 heavy (non-hydrogen) atoms. The van der Waals surface area contributed by atoms with Crippen molar-refractivity contribution < 1.29 is 13.2 Å². The Labute approximate surface area is 204 Å². The van der Waals surface area contributed by atoms with Gasteiger partial charge in [-0.3, -0.25) is 4.79 Å². The fourth-order valence-electron chi connectivity index (χ4n) is 3.05. The van der Waals surface area contributed by atoms with Gasteiger partial charge in [-0.05, 0) is 42.0 Å². The molecule has 170 valence electrons. The number of thiophene rings is 1. The summed E-state index contributed by atoms with van der Waals surface area (Å²) in [5, 5.41) is 7.10. The highest BCUT2D eigenvalue weighted by atomic mass is 35.5. The fourth-order valence-corrected chi connectivity index (χ4v) is 5.87. The number of carbonyl (C=O) groups excluding carboxylic acids is 1. The molecular formula is C22H19ClN4O3S3. The zero-order chi connectivity index (χ0) is 23.6. The number of carbonyl (C=O) groups is 1. The zero-order valence-electron chi connectivity index (χ0n) is 17.6. The van der Waals surface area contributed by atoms with E-state index in [0.717, 1.165) is 25.6 Å². The molecule has 0 bridgehead atoms. The monoisotopic (exact) mass is 518 g/mol. The molecule has 2 heterocycles. The van der Waals surface area contributed by atoms with E-state index in [1.165, 1.54) is 55.7 Å². The molecule has 0 radical (unpaired) electrons. The van der Waals surface area contributed by atoms with Crippen molar-refractivity contribution in [2.24, 2.45) is 0 Å². The number of rotatable bonds is 7. The van der Waals surface area contributed by atoms with Gasteiger partial charge in [-0.1, -0.05) is 35.5 Å². The lowest BCUT2D eigenvalue weighted by Gasteiger charge is -2.12. The highest BCUT2D eigenvalue weighted by Crippen LogP contribution is 2.38. The number of nitrogens with zero attached hydrogens (tertiary/aromatic N) is 3. The Kier molecular flexibility index (Phi) is 7.01. The number of nitrogens with one attached hydrogen (secondary N) is 1. The van der Waals surface area contributed by atoms with Crippen molar-refractivity contribution in [1.29, 1.82) is 0 Å². The predicted molar refractivity (Wildman–Crippen MR) is 135 cm³/mol. The molecule has 7 nitrogen and oxygen atoms in total. The van der Waals surface area contributed by atoms with Crippen LogP contribution in [0.25, 0.3) is 21.3 Å². The number of hydrogen-bond donors (Lipinski definition) is 1. The first-order valence-corrected chi connectivity index (χ1v) is 13.4. The minimum atomic E-state index is -3.52. The SMILES string of the molecule is CN(C)S(=O)(=O)c1ccc(NC(=O)CSc2ncnc3scc(-c4ccc(Cl)cc4)c23)cc1. The van der Waals surface area contributed by atoms with E-state index in [0.29, 0.717) is 15.7 Å². The van der Waals surface area contributed by atoms with Crippen molar-refractivity contribution in [3.05, 3.63) is 65.3 Å². The molecule has 0 saturated carbocycles. The number of thioether (sulfide) groups is 1. The molecule has 4 rings (SSSR count). The van der Waals surface area contributed by atoms with E-state index in [9.17, 15) is 13.2 Å². The topological polar surface area (TPSA) is 92.3 Å². The van der Waals surface area contributed by atoms with Gasteiger partial charge in [0.15, 0.2) is 0 Å². The Morgan fingerprint density at radius 3 is 2.45 bits per heavy atom. The van der Waals surface area contributed by atoms with Gasteiger partial charge in [-0.25, -0.2) is 22.7 Å². The summed E-state index contributed by atoms with van der Waals surface area (Å²) in [5.41, 5.74) is 2.51. The van der Waals surface area contributed by atoms with Crippen molar-refractivity contribution in [2.75, 3.05) is 25.2 Å². The predicted octanol–water partition coefficient (Wildman–Crippen LogP) is 4.99. The maximum atomic E-state index is 12.5. The second-order valence-electron chi connectivity index (χ2n) is 7.16. The van der Waals surface area contributed by atoms with Gasteiger partial charge >= 0.3 is 0 Å². The van der Waals surface area contributed by atoms with Gasteiger partial charge in [0.1, 0.15) is 16.2 Å². The molecule has 2 aromatic heterocycles. The van der Waals surface area contributed by atoms with Crippen molar-refractivity contribution in [3.8, 4) is 11.1 Å². The van der Waals surface area contributed by atoms with Gasteiger partial charge in [0.2, 0.25) is 15.9 Å². The second kappa shape index (κ2) is 9.78. The minimum absolute atomic E-state index is 0.139. The summed E-state index contributed by atoms with van der Waals surface area (Å²) in [4.78, 5) is 22.3. The summed E-state index contributed by atoms with van der Waals surface area (Å²) in [7, 11) is -0.576. The van der Waals surface area contributed by atoms with Gasteiger partial charge in [0.25, 0.3) is 0 Å². The Morgan fingerprint density at radius 2 is 1.79 bits per heavy atom. The maximum absolute atomic E-state index is 12.5. The Balaban J connectivity index is 1.48. The number of hydrogen-bond acceptors (Lipinski definition) is 7. The molecule has 0 aliphatic rings. The molecule has 4 aromatic rings. The van der Waals surface area contributed by atoms with Crippen LogP contribution >= 0.6 is 34.7 Å². The van der Waals surface area contributed by atoms with Crippen molar-refractivity contribution >= 4 is 66.5 Å². The molecule has 1 amide bonds. The van der Waals surface area contributed by atoms with Crippen LogP contribution in [0.2, 0.25) is 5.02 Å². The lowest BCUT2D eigenvalue weighted by Crippen LogP contribution is -2.22. The van der Waals surface area contributed by atoms with E-state index in [2.05, 4.69) is 15.3 Å². The van der Waals surface area contributed by atoms with Gasteiger partial charge < -0.3 is 5.32 Å². The summed E-state index contributed by atoms with van der Waals surface area (Å²) in [6.07, 6.45) is 1.49. The molecule has 0 unspecified atom stereocenters. The number of amides is 1. The first-order valence-electron chi connectivity index (χ1n) is 9.69. The third-order valence-corrected chi connectivity index (χ3v) is 8.70. The molecular weight excluding hydrogens is 500 g/mol. The van der Waals surface area contributed by atoms with Crippen LogP contribution in [-0.4, -0.2) is 48.4 Å². The summed E-state index contributed by atoms with van der Waals surface area (Å²) in [6, 6.07) is 13.6. The third-order valence-electron chi connectivity index (χ3n) is 4.75. The van der Waals surface area contributed by atoms with Gasteiger partial charge in [0, 0.05) is 35.7 Å².